The standard InChI is InChI=1S/C17H22N2/c1-3-4-7-13-19-14-15(9-8-12-18-2)16-10-5-6-11-17(16)19/h5-6,10-11,14,18H,7-9,12-13H2,1-2H3. The van der Waals surface area contributed by atoms with Gasteiger partial charge in [0, 0.05) is 30.1 Å². The van der Waals surface area contributed by atoms with Crippen molar-refractivity contribution < 1.29 is 0 Å². The lowest BCUT2D eigenvalue weighted by molar-refractivity contribution is 0.715. The second-order valence-electron chi connectivity index (χ2n) is 4.75. The van der Waals surface area contributed by atoms with Crippen LogP contribution in [-0.4, -0.2) is 18.2 Å². The molecule has 0 saturated heterocycles. The van der Waals surface area contributed by atoms with E-state index in [1.165, 1.54) is 22.9 Å². The molecule has 0 saturated carbocycles. The summed E-state index contributed by atoms with van der Waals surface area (Å²) < 4.78 is 2.34. The highest BCUT2D eigenvalue weighted by atomic mass is 15.0. The van der Waals surface area contributed by atoms with Crippen LogP contribution in [0.5, 0.6) is 0 Å². The van der Waals surface area contributed by atoms with Gasteiger partial charge < -0.3 is 9.88 Å². The molecule has 100 valence electrons. The molecule has 2 aromatic rings. The van der Waals surface area contributed by atoms with E-state index in [1.807, 2.05) is 14.0 Å². The SMILES string of the molecule is CC#CCCn1cc(CCCNC)c2ccccc21. The van der Waals surface area contributed by atoms with E-state index in [1.54, 1.807) is 0 Å². The van der Waals surface area contributed by atoms with Crippen LogP contribution in [0.4, 0.5) is 0 Å². The van der Waals surface area contributed by atoms with E-state index in [0.717, 1.165) is 25.9 Å². The van der Waals surface area contributed by atoms with Crippen molar-refractivity contribution in [3.63, 3.8) is 0 Å². The normalized spacial score (nSPS) is 10.4. The van der Waals surface area contributed by atoms with Crippen LogP contribution in [0.1, 0.15) is 25.3 Å². The summed E-state index contributed by atoms with van der Waals surface area (Å²) in [7, 11) is 2.01. The zero-order chi connectivity index (χ0) is 13.5. The van der Waals surface area contributed by atoms with Gasteiger partial charge in [-0.2, -0.15) is 0 Å². The third-order valence-electron chi connectivity index (χ3n) is 3.40. The molecule has 1 aromatic heterocycles. The maximum atomic E-state index is 3.21. The minimum Gasteiger partial charge on any atom is -0.346 e. The maximum absolute atomic E-state index is 3.21. The molecule has 0 aliphatic heterocycles. The summed E-state index contributed by atoms with van der Waals surface area (Å²) in [6.07, 6.45) is 5.54. The summed E-state index contributed by atoms with van der Waals surface area (Å²) in [5.74, 6) is 6.11. The predicted octanol–water partition coefficient (Wildman–Crippen LogP) is 3.21. The van der Waals surface area contributed by atoms with Crippen molar-refractivity contribution in [2.75, 3.05) is 13.6 Å². The molecule has 0 amide bonds. The van der Waals surface area contributed by atoms with Crippen molar-refractivity contribution in [1.29, 1.82) is 0 Å². The first-order chi connectivity index (χ1) is 9.36. The lowest BCUT2D eigenvalue weighted by atomic mass is 10.1. The van der Waals surface area contributed by atoms with E-state index in [2.05, 4.69) is 52.2 Å². The number of aryl methyl sites for hydroxylation is 2. The summed E-state index contributed by atoms with van der Waals surface area (Å²) in [5, 5.41) is 4.60. The third-order valence-corrected chi connectivity index (χ3v) is 3.40. The van der Waals surface area contributed by atoms with E-state index in [-0.39, 0.29) is 0 Å². The fourth-order valence-corrected chi connectivity index (χ4v) is 2.46. The van der Waals surface area contributed by atoms with Crippen LogP contribution in [0.25, 0.3) is 10.9 Å². The van der Waals surface area contributed by atoms with Crippen molar-refractivity contribution in [3.05, 3.63) is 36.0 Å². The highest BCUT2D eigenvalue weighted by Gasteiger charge is 2.06. The molecular formula is C17H22N2. The van der Waals surface area contributed by atoms with Crippen molar-refractivity contribution in [1.82, 2.24) is 9.88 Å². The Morgan fingerprint density at radius 1 is 1.26 bits per heavy atom. The number of nitrogens with zero attached hydrogens (tertiary/aromatic N) is 1. The van der Waals surface area contributed by atoms with Crippen LogP contribution >= 0.6 is 0 Å². The molecule has 1 heterocycles. The van der Waals surface area contributed by atoms with Crippen molar-refractivity contribution in [3.8, 4) is 11.8 Å². The number of nitrogens with one attached hydrogen (secondary N) is 1. The first-order valence-electron chi connectivity index (χ1n) is 6.97. The van der Waals surface area contributed by atoms with E-state index in [9.17, 15) is 0 Å². The zero-order valence-corrected chi connectivity index (χ0v) is 11.9. The third kappa shape index (κ3) is 3.39. The maximum Gasteiger partial charge on any atom is 0.0483 e. The van der Waals surface area contributed by atoms with Crippen molar-refractivity contribution >= 4 is 10.9 Å². The van der Waals surface area contributed by atoms with Gasteiger partial charge in [0.2, 0.25) is 0 Å². The number of benzene rings is 1. The molecule has 0 fully saturated rings. The number of para-hydroxylation sites is 1. The summed E-state index contributed by atoms with van der Waals surface area (Å²) in [4.78, 5) is 0. The molecule has 0 radical (unpaired) electrons. The smallest absolute Gasteiger partial charge is 0.0483 e. The van der Waals surface area contributed by atoms with E-state index >= 15 is 0 Å². The second-order valence-corrected chi connectivity index (χ2v) is 4.75. The fraction of sp³-hybridized carbons (Fsp3) is 0.412. The Hall–Kier alpha value is -1.72. The Bertz CT molecular complexity index is 584. The van der Waals surface area contributed by atoms with Gasteiger partial charge in [-0.1, -0.05) is 18.2 Å². The van der Waals surface area contributed by atoms with Gasteiger partial charge in [0.15, 0.2) is 0 Å². The van der Waals surface area contributed by atoms with E-state index < -0.39 is 0 Å². The Morgan fingerprint density at radius 3 is 2.89 bits per heavy atom. The lowest BCUT2D eigenvalue weighted by Gasteiger charge is -2.01. The molecule has 0 unspecified atom stereocenters. The molecule has 19 heavy (non-hydrogen) atoms. The summed E-state index contributed by atoms with van der Waals surface area (Å²) in [6, 6.07) is 8.67. The van der Waals surface area contributed by atoms with Gasteiger partial charge in [-0.15, -0.1) is 11.8 Å². The summed E-state index contributed by atoms with van der Waals surface area (Å²) in [6.45, 7) is 3.95. The fourth-order valence-electron chi connectivity index (χ4n) is 2.46. The van der Waals surface area contributed by atoms with Crippen LogP contribution in [-0.2, 0) is 13.0 Å². The van der Waals surface area contributed by atoms with Crippen molar-refractivity contribution in [2.45, 2.75) is 32.7 Å². The van der Waals surface area contributed by atoms with Crippen LogP contribution in [0, 0.1) is 11.8 Å². The first-order valence-corrected chi connectivity index (χ1v) is 6.97. The minimum absolute atomic E-state index is 0.922. The lowest BCUT2D eigenvalue weighted by Crippen LogP contribution is -2.08. The number of fused-ring (bicyclic) bond motifs is 1. The Balaban J connectivity index is 2.22. The molecule has 2 heteroatoms. The number of rotatable bonds is 6. The van der Waals surface area contributed by atoms with Gasteiger partial charge in [0.05, 0.1) is 0 Å². The molecule has 2 nitrogen and oxygen atoms in total. The largest absolute Gasteiger partial charge is 0.346 e. The average molecular weight is 254 g/mol. The molecule has 0 bridgehead atoms. The quantitative estimate of drug-likeness (QED) is 0.619. The monoisotopic (exact) mass is 254 g/mol. The molecule has 1 aromatic carbocycles. The first kappa shape index (κ1) is 13.7. The van der Waals surface area contributed by atoms with E-state index in [4.69, 9.17) is 0 Å². The van der Waals surface area contributed by atoms with Gasteiger partial charge in [0.1, 0.15) is 0 Å². The van der Waals surface area contributed by atoms with Gasteiger partial charge >= 0.3 is 0 Å². The Labute approximate surface area is 115 Å². The topological polar surface area (TPSA) is 17.0 Å². The molecule has 0 aliphatic carbocycles. The molecule has 2 rings (SSSR count). The number of aromatic nitrogens is 1. The van der Waals surface area contributed by atoms with Crippen LogP contribution in [0.2, 0.25) is 0 Å². The average Bonchev–Trinajstić information content (AvgIpc) is 2.79. The summed E-state index contributed by atoms with van der Waals surface area (Å²) >= 11 is 0. The number of hydrogen-bond donors (Lipinski definition) is 1. The van der Waals surface area contributed by atoms with E-state index in [0.29, 0.717) is 0 Å². The van der Waals surface area contributed by atoms with Gasteiger partial charge in [-0.05, 0) is 45.0 Å². The van der Waals surface area contributed by atoms with Crippen LogP contribution in [0.15, 0.2) is 30.5 Å². The van der Waals surface area contributed by atoms with Gasteiger partial charge in [0.25, 0.3) is 0 Å². The van der Waals surface area contributed by atoms with Crippen LogP contribution < -0.4 is 5.32 Å². The predicted molar refractivity (Wildman–Crippen MR) is 82.3 cm³/mol. The Morgan fingerprint density at radius 2 is 2.11 bits per heavy atom. The summed E-state index contributed by atoms with van der Waals surface area (Å²) in [5.41, 5.74) is 2.79. The highest BCUT2D eigenvalue weighted by Crippen LogP contribution is 2.22. The second kappa shape index (κ2) is 7.01. The van der Waals surface area contributed by atoms with Crippen molar-refractivity contribution in [2.24, 2.45) is 0 Å². The van der Waals surface area contributed by atoms with Gasteiger partial charge in [-0.25, -0.2) is 0 Å². The molecule has 0 aliphatic rings. The molecular weight excluding hydrogens is 232 g/mol. The molecule has 0 spiro atoms. The molecule has 0 atom stereocenters. The van der Waals surface area contributed by atoms with Gasteiger partial charge in [-0.3, -0.25) is 0 Å². The molecule has 1 N–H and O–H groups in total. The minimum atomic E-state index is 0.922. The van der Waals surface area contributed by atoms with Crippen LogP contribution in [0.3, 0.4) is 0 Å². The zero-order valence-electron chi connectivity index (χ0n) is 11.9. The Kier molecular flexibility index (Phi) is 5.06. The number of hydrogen-bond acceptors (Lipinski definition) is 1. The highest BCUT2D eigenvalue weighted by molar-refractivity contribution is 5.84.